The van der Waals surface area contributed by atoms with Gasteiger partial charge in [-0.3, -0.25) is 4.57 Å². The van der Waals surface area contributed by atoms with E-state index in [1.165, 1.54) is 21.9 Å². The summed E-state index contributed by atoms with van der Waals surface area (Å²) in [5.74, 6) is -0.747. The zero-order valence-electron chi connectivity index (χ0n) is 11.5. The van der Waals surface area contributed by atoms with Gasteiger partial charge in [-0.15, -0.1) is 0 Å². The van der Waals surface area contributed by atoms with Crippen molar-refractivity contribution in [3.05, 3.63) is 53.9 Å². The molecule has 0 fully saturated rings. The maximum atomic E-state index is 12.2. The van der Waals surface area contributed by atoms with Gasteiger partial charge in [0.25, 0.3) is 0 Å². The first-order valence-corrected chi connectivity index (χ1v) is 6.60. The second kappa shape index (κ2) is 5.72. The summed E-state index contributed by atoms with van der Waals surface area (Å²) in [7, 11) is 0. The van der Waals surface area contributed by atoms with E-state index < -0.39 is 12.1 Å². The largest absolute Gasteiger partial charge is 0.478 e. The SMILES string of the molecule is O=C(O)C1=Cn2ccnc2N(C(=O)OCc2ccccc2)C1. The average Bonchev–Trinajstić information content (AvgIpc) is 3.01. The zero-order chi connectivity index (χ0) is 15.5. The van der Waals surface area contributed by atoms with E-state index in [4.69, 9.17) is 9.84 Å². The molecule has 1 aromatic carbocycles. The van der Waals surface area contributed by atoms with Gasteiger partial charge in [0.2, 0.25) is 5.95 Å². The third-order valence-corrected chi connectivity index (χ3v) is 3.21. The molecule has 0 atom stereocenters. The Hall–Kier alpha value is -3.09. The molecule has 0 aliphatic carbocycles. The molecule has 22 heavy (non-hydrogen) atoms. The van der Waals surface area contributed by atoms with Crippen LogP contribution in [0.25, 0.3) is 6.20 Å². The summed E-state index contributed by atoms with van der Waals surface area (Å²) in [5.41, 5.74) is 0.937. The van der Waals surface area contributed by atoms with Gasteiger partial charge in [-0.1, -0.05) is 30.3 Å². The van der Waals surface area contributed by atoms with Crippen molar-refractivity contribution in [3.63, 3.8) is 0 Å². The number of carboxylic acid groups (broad SMARTS) is 1. The number of ether oxygens (including phenoxy) is 1. The van der Waals surface area contributed by atoms with E-state index in [-0.39, 0.29) is 18.7 Å². The van der Waals surface area contributed by atoms with Crippen LogP contribution in [0.1, 0.15) is 5.56 Å². The third kappa shape index (κ3) is 2.69. The number of nitrogens with zero attached hydrogens (tertiary/aromatic N) is 3. The number of carboxylic acids is 1. The summed E-state index contributed by atoms with van der Waals surface area (Å²) in [4.78, 5) is 28.6. The van der Waals surface area contributed by atoms with Crippen LogP contribution in [0.15, 0.2) is 48.3 Å². The Morgan fingerprint density at radius 2 is 2.05 bits per heavy atom. The zero-order valence-corrected chi connectivity index (χ0v) is 11.5. The molecule has 0 spiro atoms. The lowest BCUT2D eigenvalue weighted by atomic mass is 10.2. The minimum atomic E-state index is -1.08. The lowest BCUT2D eigenvalue weighted by Crippen LogP contribution is -2.38. The van der Waals surface area contributed by atoms with Crippen LogP contribution in [0.2, 0.25) is 0 Å². The van der Waals surface area contributed by atoms with Gasteiger partial charge in [0.15, 0.2) is 0 Å². The molecule has 0 bridgehead atoms. The van der Waals surface area contributed by atoms with Crippen molar-refractivity contribution in [1.82, 2.24) is 9.55 Å². The molecule has 0 saturated heterocycles. The van der Waals surface area contributed by atoms with Crippen molar-refractivity contribution in [2.45, 2.75) is 6.61 Å². The van der Waals surface area contributed by atoms with Crippen molar-refractivity contribution in [2.24, 2.45) is 0 Å². The van der Waals surface area contributed by atoms with Crippen molar-refractivity contribution in [1.29, 1.82) is 0 Å². The molecule has 1 N–H and O–H groups in total. The number of amides is 1. The minimum Gasteiger partial charge on any atom is -0.478 e. The summed E-state index contributed by atoms with van der Waals surface area (Å²) in [5, 5.41) is 9.13. The Kier molecular flexibility index (Phi) is 3.61. The molecular weight excluding hydrogens is 286 g/mol. The number of imidazole rings is 1. The van der Waals surface area contributed by atoms with E-state index in [0.717, 1.165) is 5.56 Å². The van der Waals surface area contributed by atoms with Crippen LogP contribution in [0.4, 0.5) is 10.7 Å². The molecule has 7 heteroatoms. The number of anilines is 1. The van der Waals surface area contributed by atoms with Crippen LogP contribution in [-0.2, 0) is 16.1 Å². The standard InChI is InChI=1S/C15H13N3O4/c19-13(20)12-8-17-7-6-16-14(17)18(9-12)15(21)22-10-11-4-2-1-3-5-11/h1-8H,9-10H2,(H,19,20). The Balaban J connectivity index is 1.75. The second-order valence-corrected chi connectivity index (χ2v) is 4.72. The Bertz CT molecular complexity index is 736. The molecule has 2 heterocycles. The molecule has 1 aromatic heterocycles. The molecule has 3 rings (SSSR count). The predicted octanol–water partition coefficient (Wildman–Crippen LogP) is 1.97. The van der Waals surface area contributed by atoms with Gasteiger partial charge < -0.3 is 9.84 Å². The lowest BCUT2D eigenvalue weighted by Gasteiger charge is -2.25. The summed E-state index contributed by atoms with van der Waals surface area (Å²) < 4.78 is 6.72. The fourth-order valence-corrected chi connectivity index (χ4v) is 2.13. The van der Waals surface area contributed by atoms with E-state index in [0.29, 0.717) is 5.95 Å². The molecular formula is C15H13N3O4. The van der Waals surface area contributed by atoms with Gasteiger partial charge in [-0.25, -0.2) is 19.5 Å². The number of carbonyl (C=O) groups excluding carboxylic acids is 1. The van der Waals surface area contributed by atoms with Crippen LogP contribution < -0.4 is 4.90 Å². The second-order valence-electron chi connectivity index (χ2n) is 4.72. The molecule has 112 valence electrons. The normalized spacial score (nSPS) is 13.3. The van der Waals surface area contributed by atoms with E-state index in [1.807, 2.05) is 30.3 Å². The van der Waals surface area contributed by atoms with Gasteiger partial charge in [-0.05, 0) is 5.56 Å². The fraction of sp³-hybridized carbons (Fsp3) is 0.133. The highest BCUT2D eigenvalue weighted by Gasteiger charge is 2.28. The van der Waals surface area contributed by atoms with Gasteiger partial charge in [0.1, 0.15) is 6.61 Å². The van der Waals surface area contributed by atoms with Crippen LogP contribution in [-0.4, -0.2) is 33.3 Å². The number of aliphatic carboxylic acids is 1. The molecule has 1 aliphatic rings. The van der Waals surface area contributed by atoms with E-state index in [2.05, 4.69) is 4.98 Å². The van der Waals surface area contributed by atoms with E-state index in [1.54, 1.807) is 6.20 Å². The smallest absolute Gasteiger partial charge is 0.417 e. The lowest BCUT2D eigenvalue weighted by molar-refractivity contribution is -0.132. The maximum Gasteiger partial charge on any atom is 0.417 e. The van der Waals surface area contributed by atoms with Crippen LogP contribution in [0, 0.1) is 0 Å². The molecule has 0 radical (unpaired) electrons. The maximum absolute atomic E-state index is 12.2. The minimum absolute atomic E-state index is 0.0834. The summed E-state index contributed by atoms with van der Waals surface area (Å²) >= 11 is 0. The van der Waals surface area contributed by atoms with Crippen LogP contribution in [0.3, 0.4) is 0 Å². The Morgan fingerprint density at radius 1 is 1.27 bits per heavy atom. The fourth-order valence-electron chi connectivity index (χ4n) is 2.13. The molecule has 0 unspecified atom stereocenters. The number of carbonyl (C=O) groups is 2. The monoisotopic (exact) mass is 299 g/mol. The third-order valence-electron chi connectivity index (χ3n) is 3.21. The summed E-state index contributed by atoms with van der Waals surface area (Å²) in [6, 6.07) is 9.25. The molecule has 1 aliphatic heterocycles. The predicted molar refractivity (Wildman–Crippen MR) is 78.1 cm³/mol. The highest BCUT2D eigenvalue weighted by molar-refractivity contribution is 5.97. The Morgan fingerprint density at radius 3 is 2.77 bits per heavy atom. The quantitative estimate of drug-likeness (QED) is 0.936. The van der Waals surface area contributed by atoms with E-state index >= 15 is 0 Å². The number of benzene rings is 1. The van der Waals surface area contributed by atoms with Gasteiger partial charge in [-0.2, -0.15) is 0 Å². The van der Waals surface area contributed by atoms with Crippen molar-refractivity contribution in [3.8, 4) is 0 Å². The highest BCUT2D eigenvalue weighted by Crippen LogP contribution is 2.21. The number of hydrogen-bond donors (Lipinski definition) is 1. The van der Waals surface area contributed by atoms with Crippen molar-refractivity contribution >= 4 is 24.2 Å². The van der Waals surface area contributed by atoms with Gasteiger partial charge in [0.05, 0.1) is 12.1 Å². The topological polar surface area (TPSA) is 84.7 Å². The van der Waals surface area contributed by atoms with Crippen LogP contribution >= 0.6 is 0 Å². The molecule has 1 amide bonds. The van der Waals surface area contributed by atoms with E-state index in [9.17, 15) is 9.59 Å². The van der Waals surface area contributed by atoms with Crippen molar-refractivity contribution in [2.75, 3.05) is 11.4 Å². The average molecular weight is 299 g/mol. The molecule has 0 saturated carbocycles. The summed E-state index contributed by atoms with van der Waals surface area (Å²) in [6.07, 6.45) is 3.87. The Labute approximate surface area is 126 Å². The number of fused-ring (bicyclic) bond motifs is 1. The molecule has 7 nitrogen and oxygen atoms in total. The number of rotatable bonds is 3. The number of aromatic nitrogens is 2. The highest BCUT2D eigenvalue weighted by atomic mass is 16.6. The van der Waals surface area contributed by atoms with Gasteiger partial charge in [0, 0.05) is 18.6 Å². The summed E-state index contributed by atoms with van der Waals surface area (Å²) in [6.45, 7) is 0.0307. The van der Waals surface area contributed by atoms with Crippen LogP contribution in [0.5, 0.6) is 0 Å². The van der Waals surface area contributed by atoms with Gasteiger partial charge >= 0.3 is 12.1 Å². The first-order chi connectivity index (χ1) is 10.6. The first kappa shape index (κ1) is 13.9. The van der Waals surface area contributed by atoms with Crippen molar-refractivity contribution < 1.29 is 19.4 Å². The molecule has 2 aromatic rings. The number of hydrogen-bond acceptors (Lipinski definition) is 4. The first-order valence-electron chi connectivity index (χ1n) is 6.60.